The molecule has 106 valence electrons. The third kappa shape index (κ3) is 1.94. The molecule has 1 amide bonds. The van der Waals surface area contributed by atoms with Crippen molar-refractivity contribution in [1.29, 1.82) is 0 Å². The molecule has 0 radical (unpaired) electrons. The Hall–Kier alpha value is -2.04. The maximum Gasteiger partial charge on any atom is 0.326 e. The minimum Gasteiger partial charge on any atom is -0.480 e. The molecule has 5 nitrogen and oxygen atoms in total. The molecule has 2 aliphatic rings. The number of aliphatic carboxylic acids is 1. The Balaban J connectivity index is 1.86. The number of nitrogens with two attached hydrogens (primary N) is 1. The van der Waals surface area contributed by atoms with Gasteiger partial charge in [-0.3, -0.25) is 4.79 Å². The lowest BCUT2D eigenvalue weighted by Crippen LogP contribution is -2.45. The summed E-state index contributed by atoms with van der Waals surface area (Å²) < 4.78 is 0. The molecule has 0 spiro atoms. The Kier molecular flexibility index (Phi) is 2.92. The predicted octanol–water partition coefficient (Wildman–Crippen LogP) is 1.38. The third-order valence-corrected chi connectivity index (χ3v) is 4.42. The maximum absolute atomic E-state index is 12.8. The molecule has 2 fully saturated rings. The van der Waals surface area contributed by atoms with E-state index in [2.05, 4.69) is 0 Å². The van der Waals surface area contributed by atoms with E-state index in [4.69, 9.17) is 5.73 Å². The van der Waals surface area contributed by atoms with Crippen molar-refractivity contribution in [2.75, 3.05) is 12.3 Å². The number of carboxylic acids is 1. The minimum atomic E-state index is -0.899. The van der Waals surface area contributed by atoms with E-state index in [1.807, 2.05) is 12.1 Å². The predicted molar refractivity (Wildman–Crippen MR) is 74.1 cm³/mol. The summed E-state index contributed by atoms with van der Waals surface area (Å²) >= 11 is 0. The number of likely N-dealkylation sites (tertiary alicyclic amines) is 1. The smallest absolute Gasteiger partial charge is 0.326 e. The first-order valence-corrected chi connectivity index (χ1v) is 6.94. The topological polar surface area (TPSA) is 83.6 Å². The molecular formula is C15H18N2O3. The van der Waals surface area contributed by atoms with E-state index in [-0.39, 0.29) is 5.91 Å². The van der Waals surface area contributed by atoms with Crippen LogP contribution >= 0.6 is 0 Å². The fourth-order valence-electron chi connectivity index (χ4n) is 3.09. The van der Waals surface area contributed by atoms with Gasteiger partial charge in [-0.05, 0) is 43.4 Å². The molecule has 1 heterocycles. The zero-order chi connectivity index (χ0) is 14.3. The SMILES string of the molecule is Nc1ccc(C2(C(=O)N3CCCC3C(=O)O)CC2)cc1. The van der Waals surface area contributed by atoms with Crippen molar-refractivity contribution >= 4 is 17.6 Å². The molecule has 1 aliphatic carbocycles. The van der Waals surface area contributed by atoms with E-state index < -0.39 is 17.4 Å². The van der Waals surface area contributed by atoms with Crippen LogP contribution in [0.15, 0.2) is 24.3 Å². The molecule has 5 heteroatoms. The van der Waals surface area contributed by atoms with E-state index in [1.54, 1.807) is 17.0 Å². The Morgan fingerprint density at radius 1 is 1.25 bits per heavy atom. The zero-order valence-corrected chi connectivity index (χ0v) is 11.2. The lowest BCUT2D eigenvalue weighted by Gasteiger charge is -2.27. The van der Waals surface area contributed by atoms with Gasteiger partial charge in [-0.1, -0.05) is 12.1 Å². The lowest BCUT2D eigenvalue weighted by atomic mass is 9.93. The van der Waals surface area contributed by atoms with Crippen molar-refractivity contribution < 1.29 is 14.7 Å². The van der Waals surface area contributed by atoms with Crippen LogP contribution in [0.25, 0.3) is 0 Å². The number of carbonyl (C=O) groups is 2. The van der Waals surface area contributed by atoms with Crippen molar-refractivity contribution in [1.82, 2.24) is 4.90 Å². The second-order valence-corrected chi connectivity index (χ2v) is 5.70. The van der Waals surface area contributed by atoms with E-state index in [1.165, 1.54) is 0 Å². The highest BCUT2D eigenvalue weighted by Crippen LogP contribution is 2.50. The number of benzene rings is 1. The fourth-order valence-corrected chi connectivity index (χ4v) is 3.09. The summed E-state index contributed by atoms with van der Waals surface area (Å²) in [5.41, 5.74) is 6.79. The van der Waals surface area contributed by atoms with Gasteiger partial charge in [-0.15, -0.1) is 0 Å². The van der Waals surface area contributed by atoms with Gasteiger partial charge >= 0.3 is 5.97 Å². The van der Waals surface area contributed by atoms with Crippen LogP contribution in [0, 0.1) is 0 Å². The molecule has 1 aliphatic heterocycles. The first kappa shape index (κ1) is 13.0. The Morgan fingerprint density at radius 2 is 1.90 bits per heavy atom. The Morgan fingerprint density at radius 3 is 2.45 bits per heavy atom. The number of carbonyl (C=O) groups excluding carboxylic acids is 1. The Bertz CT molecular complexity index is 549. The largest absolute Gasteiger partial charge is 0.480 e. The standard InChI is InChI=1S/C15H18N2O3/c16-11-5-3-10(4-6-11)15(7-8-15)14(20)17-9-1-2-12(17)13(18)19/h3-6,12H,1-2,7-9,16H2,(H,18,19). The summed E-state index contributed by atoms with van der Waals surface area (Å²) in [6.07, 6.45) is 2.90. The van der Waals surface area contributed by atoms with Crippen LogP contribution in [-0.2, 0) is 15.0 Å². The summed E-state index contributed by atoms with van der Waals surface area (Å²) in [7, 11) is 0. The van der Waals surface area contributed by atoms with Crippen molar-refractivity contribution in [2.24, 2.45) is 0 Å². The quantitative estimate of drug-likeness (QED) is 0.815. The number of anilines is 1. The molecule has 3 N–H and O–H groups in total. The normalized spacial score (nSPS) is 23.6. The first-order chi connectivity index (χ1) is 9.54. The molecule has 0 aromatic heterocycles. The molecular weight excluding hydrogens is 256 g/mol. The van der Waals surface area contributed by atoms with E-state index in [0.717, 1.165) is 24.8 Å². The highest BCUT2D eigenvalue weighted by Gasteiger charge is 2.55. The molecule has 20 heavy (non-hydrogen) atoms. The number of hydrogen-bond acceptors (Lipinski definition) is 3. The lowest BCUT2D eigenvalue weighted by molar-refractivity contribution is -0.149. The van der Waals surface area contributed by atoms with Gasteiger partial charge in [0, 0.05) is 12.2 Å². The minimum absolute atomic E-state index is 0.0350. The van der Waals surface area contributed by atoms with Crippen LogP contribution in [0.2, 0.25) is 0 Å². The summed E-state index contributed by atoms with van der Waals surface area (Å²) in [5, 5.41) is 9.22. The van der Waals surface area contributed by atoms with E-state index >= 15 is 0 Å². The number of nitrogens with zero attached hydrogens (tertiary/aromatic N) is 1. The molecule has 1 aromatic carbocycles. The number of amides is 1. The van der Waals surface area contributed by atoms with Crippen LogP contribution in [0.1, 0.15) is 31.2 Å². The highest BCUT2D eigenvalue weighted by atomic mass is 16.4. The second-order valence-electron chi connectivity index (χ2n) is 5.70. The van der Waals surface area contributed by atoms with Crippen molar-refractivity contribution in [3.8, 4) is 0 Å². The van der Waals surface area contributed by atoms with Gasteiger partial charge < -0.3 is 15.7 Å². The van der Waals surface area contributed by atoms with E-state index in [9.17, 15) is 14.7 Å². The average Bonchev–Trinajstić information content (AvgIpc) is 3.08. The van der Waals surface area contributed by atoms with Gasteiger partial charge in [0.05, 0.1) is 5.41 Å². The van der Waals surface area contributed by atoms with E-state index in [0.29, 0.717) is 18.7 Å². The van der Waals surface area contributed by atoms with Crippen LogP contribution in [0.4, 0.5) is 5.69 Å². The summed E-state index contributed by atoms with van der Waals surface area (Å²) in [4.78, 5) is 25.5. The third-order valence-electron chi connectivity index (χ3n) is 4.42. The van der Waals surface area contributed by atoms with Gasteiger partial charge in [-0.25, -0.2) is 4.79 Å². The van der Waals surface area contributed by atoms with Crippen molar-refractivity contribution in [2.45, 2.75) is 37.1 Å². The van der Waals surface area contributed by atoms with Crippen LogP contribution in [-0.4, -0.2) is 34.5 Å². The average molecular weight is 274 g/mol. The van der Waals surface area contributed by atoms with Gasteiger partial charge in [0.25, 0.3) is 0 Å². The van der Waals surface area contributed by atoms with Crippen molar-refractivity contribution in [3.05, 3.63) is 29.8 Å². The van der Waals surface area contributed by atoms with Crippen LogP contribution in [0.5, 0.6) is 0 Å². The molecule has 1 aromatic rings. The number of rotatable bonds is 3. The van der Waals surface area contributed by atoms with Crippen LogP contribution < -0.4 is 5.73 Å². The van der Waals surface area contributed by atoms with Gasteiger partial charge in [-0.2, -0.15) is 0 Å². The molecule has 1 saturated heterocycles. The number of nitrogen functional groups attached to an aromatic ring is 1. The van der Waals surface area contributed by atoms with Gasteiger partial charge in [0.1, 0.15) is 6.04 Å². The molecule has 1 atom stereocenters. The van der Waals surface area contributed by atoms with Gasteiger partial charge in [0.15, 0.2) is 0 Å². The summed E-state index contributed by atoms with van der Waals surface area (Å²) in [6.45, 7) is 0.548. The zero-order valence-electron chi connectivity index (χ0n) is 11.2. The molecule has 3 rings (SSSR count). The monoisotopic (exact) mass is 274 g/mol. The van der Waals surface area contributed by atoms with Gasteiger partial charge in [0.2, 0.25) is 5.91 Å². The number of carboxylic acid groups (broad SMARTS) is 1. The first-order valence-electron chi connectivity index (χ1n) is 6.94. The second kappa shape index (κ2) is 4.51. The summed E-state index contributed by atoms with van der Waals surface area (Å²) in [5.74, 6) is -0.934. The number of hydrogen-bond donors (Lipinski definition) is 2. The molecule has 1 saturated carbocycles. The molecule has 1 unspecified atom stereocenters. The van der Waals surface area contributed by atoms with Crippen LogP contribution in [0.3, 0.4) is 0 Å². The Labute approximate surface area is 117 Å². The molecule has 0 bridgehead atoms. The maximum atomic E-state index is 12.8. The van der Waals surface area contributed by atoms with Crippen molar-refractivity contribution in [3.63, 3.8) is 0 Å². The fraction of sp³-hybridized carbons (Fsp3) is 0.467. The highest BCUT2D eigenvalue weighted by molar-refractivity contribution is 5.94. The summed E-state index contributed by atoms with van der Waals surface area (Å²) in [6, 6.07) is 6.69.